The molecule has 7 heteroatoms. The molecule has 6 nitrogen and oxygen atoms in total. The minimum atomic E-state index is -0.292. The largest absolute Gasteiger partial charge is 0.304 e. The Morgan fingerprint density at radius 2 is 2.00 bits per heavy atom. The maximum absolute atomic E-state index is 12.2. The monoisotopic (exact) mass is 395 g/mol. The molecule has 1 amide bonds. The van der Waals surface area contributed by atoms with Crippen LogP contribution in [0.5, 0.6) is 0 Å². The number of amides is 1. The first-order valence-corrected chi connectivity index (χ1v) is 8.50. The Morgan fingerprint density at radius 1 is 1.16 bits per heavy atom. The van der Waals surface area contributed by atoms with Gasteiger partial charge in [0.1, 0.15) is 5.69 Å². The van der Waals surface area contributed by atoms with Crippen LogP contribution in [-0.2, 0) is 6.54 Å². The summed E-state index contributed by atoms with van der Waals surface area (Å²) in [6, 6.07) is 16.2. The highest BCUT2D eigenvalue weighted by molar-refractivity contribution is 9.10. The smallest absolute Gasteiger partial charge is 0.276 e. The van der Waals surface area contributed by atoms with Crippen LogP contribution in [0.4, 0.5) is 5.82 Å². The molecule has 0 saturated heterocycles. The third-order valence-electron chi connectivity index (χ3n) is 3.91. The number of hydrogen-bond acceptors (Lipinski definition) is 3. The second kappa shape index (κ2) is 6.52. The molecule has 0 bridgehead atoms. The zero-order valence-corrected chi connectivity index (χ0v) is 14.7. The summed E-state index contributed by atoms with van der Waals surface area (Å²) in [5, 5.41) is 16.0. The standard InChI is InChI=1S/C18H14BrN5O/c19-15-10-20-22-17(15)18(25)21-16-8-9-24(23-16)11-13-6-3-5-12-4-1-2-7-14(12)13/h1-10H,11H2,(H,20,22)(H,21,23,25). The van der Waals surface area contributed by atoms with Crippen molar-refractivity contribution in [2.45, 2.75) is 6.54 Å². The number of nitrogens with zero attached hydrogens (tertiary/aromatic N) is 3. The zero-order chi connectivity index (χ0) is 17.2. The third-order valence-corrected chi connectivity index (χ3v) is 4.52. The van der Waals surface area contributed by atoms with Gasteiger partial charge in [-0.1, -0.05) is 42.5 Å². The van der Waals surface area contributed by atoms with E-state index in [9.17, 15) is 4.79 Å². The number of H-pyrrole nitrogens is 1. The van der Waals surface area contributed by atoms with Gasteiger partial charge in [-0.2, -0.15) is 10.2 Å². The normalized spacial score (nSPS) is 10.9. The first-order valence-electron chi connectivity index (χ1n) is 7.71. The molecule has 2 aromatic carbocycles. The van der Waals surface area contributed by atoms with E-state index in [1.807, 2.05) is 24.4 Å². The molecular formula is C18H14BrN5O. The van der Waals surface area contributed by atoms with Crippen molar-refractivity contribution in [2.75, 3.05) is 5.32 Å². The van der Waals surface area contributed by atoms with Gasteiger partial charge in [0.05, 0.1) is 17.2 Å². The van der Waals surface area contributed by atoms with Crippen LogP contribution in [-0.4, -0.2) is 25.9 Å². The van der Waals surface area contributed by atoms with E-state index in [2.05, 4.69) is 60.8 Å². The van der Waals surface area contributed by atoms with Crippen molar-refractivity contribution in [1.29, 1.82) is 0 Å². The molecule has 2 N–H and O–H groups in total. The highest BCUT2D eigenvalue weighted by Crippen LogP contribution is 2.20. The second-order valence-electron chi connectivity index (χ2n) is 5.58. The molecule has 2 aromatic heterocycles. The van der Waals surface area contributed by atoms with Crippen LogP contribution in [0.2, 0.25) is 0 Å². The van der Waals surface area contributed by atoms with Gasteiger partial charge in [0.25, 0.3) is 5.91 Å². The van der Waals surface area contributed by atoms with E-state index in [1.54, 1.807) is 10.7 Å². The SMILES string of the molecule is O=C(Nc1ccn(Cc2cccc3ccccc23)n1)c1[nH]ncc1Br. The Balaban J connectivity index is 1.53. The van der Waals surface area contributed by atoms with Crippen LogP contribution < -0.4 is 5.32 Å². The highest BCUT2D eigenvalue weighted by atomic mass is 79.9. The number of hydrogen-bond donors (Lipinski definition) is 2. The number of aromatic amines is 1. The van der Waals surface area contributed by atoms with Gasteiger partial charge in [-0.3, -0.25) is 14.6 Å². The Labute approximate surface area is 152 Å². The van der Waals surface area contributed by atoms with Crippen molar-refractivity contribution >= 4 is 38.4 Å². The fourth-order valence-electron chi connectivity index (χ4n) is 2.73. The van der Waals surface area contributed by atoms with Gasteiger partial charge < -0.3 is 5.32 Å². The third kappa shape index (κ3) is 3.18. The number of aromatic nitrogens is 4. The van der Waals surface area contributed by atoms with Crippen LogP contribution in [0.1, 0.15) is 16.1 Å². The summed E-state index contributed by atoms with van der Waals surface area (Å²) in [4.78, 5) is 12.2. The van der Waals surface area contributed by atoms with Gasteiger partial charge in [-0.25, -0.2) is 0 Å². The minimum absolute atomic E-state index is 0.292. The maximum atomic E-state index is 12.2. The van der Waals surface area contributed by atoms with Gasteiger partial charge >= 0.3 is 0 Å². The zero-order valence-electron chi connectivity index (χ0n) is 13.1. The molecule has 0 spiro atoms. The van der Waals surface area contributed by atoms with Crippen molar-refractivity contribution < 1.29 is 4.79 Å². The van der Waals surface area contributed by atoms with Gasteiger partial charge in [0, 0.05) is 12.3 Å². The van der Waals surface area contributed by atoms with Gasteiger partial charge in [-0.05, 0) is 32.3 Å². The van der Waals surface area contributed by atoms with Crippen LogP contribution in [0, 0.1) is 0 Å². The fraction of sp³-hybridized carbons (Fsp3) is 0.0556. The molecule has 0 atom stereocenters. The second-order valence-corrected chi connectivity index (χ2v) is 6.44. The lowest BCUT2D eigenvalue weighted by molar-refractivity contribution is 0.102. The minimum Gasteiger partial charge on any atom is -0.304 e. The van der Waals surface area contributed by atoms with Crippen molar-refractivity contribution in [3.05, 3.63) is 76.7 Å². The summed E-state index contributed by atoms with van der Waals surface area (Å²) >= 11 is 3.27. The average Bonchev–Trinajstić information content (AvgIpc) is 3.24. The predicted molar refractivity (Wildman–Crippen MR) is 99.5 cm³/mol. The van der Waals surface area contributed by atoms with Gasteiger partial charge in [0.2, 0.25) is 0 Å². The summed E-state index contributed by atoms with van der Waals surface area (Å²) in [6.07, 6.45) is 3.38. The Morgan fingerprint density at radius 3 is 2.84 bits per heavy atom. The number of fused-ring (bicyclic) bond motifs is 1. The molecule has 0 aliphatic carbocycles. The average molecular weight is 396 g/mol. The van der Waals surface area contributed by atoms with E-state index in [4.69, 9.17) is 0 Å². The first-order chi connectivity index (χ1) is 12.2. The molecule has 124 valence electrons. The summed E-state index contributed by atoms with van der Waals surface area (Å²) in [5.41, 5.74) is 1.54. The lowest BCUT2D eigenvalue weighted by atomic mass is 10.0. The molecule has 25 heavy (non-hydrogen) atoms. The molecule has 0 saturated carbocycles. The summed E-state index contributed by atoms with van der Waals surface area (Å²) in [5.74, 6) is 0.200. The van der Waals surface area contributed by atoms with E-state index in [0.29, 0.717) is 22.5 Å². The summed E-state index contributed by atoms with van der Waals surface area (Å²) in [7, 11) is 0. The van der Waals surface area contributed by atoms with Gasteiger partial charge in [0.15, 0.2) is 5.82 Å². The Kier molecular flexibility index (Phi) is 4.07. The summed E-state index contributed by atoms with van der Waals surface area (Å²) in [6.45, 7) is 0.630. The number of rotatable bonds is 4. The highest BCUT2D eigenvalue weighted by Gasteiger charge is 2.13. The lowest BCUT2D eigenvalue weighted by Crippen LogP contribution is -2.14. The van der Waals surface area contributed by atoms with Crippen molar-refractivity contribution in [3.8, 4) is 0 Å². The molecule has 4 aromatic rings. The van der Waals surface area contributed by atoms with E-state index in [-0.39, 0.29) is 5.91 Å². The molecule has 0 fully saturated rings. The van der Waals surface area contributed by atoms with Gasteiger partial charge in [-0.15, -0.1) is 0 Å². The Bertz CT molecular complexity index is 1050. The number of nitrogens with one attached hydrogen (secondary N) is 2. The maximum Gasteiger partial charge on any atom is 0.276 e. The van der Waals surface area contributed by atoms with Crippen molar-refractivity contribution in [2.24, 2.45) is 0 Å². The van der Waals surface area contributed by atoms with Crippen LogP contribution in [0.25, 0.3) is 10.8 Å². The number of carbonyl (C=O) groups excluding carboxylic acids is 1. The predicted octanol–water partition coefficient (Wildman–Crippen LogP) is 3.82. The summed E-state index contributed by atoms with van der Waals surface area (Å²) < 4.78 is 2.42. The molecule has 0 aliphatic heterocycles. The number of benzene rings is 2. The molecule has 0 unspecified atom stereocenters. The van der Waals surface area contributed by atoms with Crippen LogP contribution >= 0.6 is 15.9 Å². The van der Waals surface area contributed by atoms with Crippen molar-refractivity contribution in [3.63, 3.8) is 0 Å². The molecular weight excluding hydrogens is 382 g/mol. The molecule has 0 radical (unpaired) electrons. The van der Waals surface area contributed by atoms with Crippen LogP contribution in [0.3, 0.4) is 0 Å². The van der Waals surface area contributed by atoms with Crippen LogP contribution in [0.15, 0.2) is 65.4 Å². The lowest BCUT2D eigenvalue weighted by Gasteiger charge is -2.07. The Hall–Kier alpha value is -2.93. The fourth-order valence-corrected chi connectivity index (χ4v) is 3.10. The van der Waals surface area contributed by atoms with Crippen molar-refractivity contribution in [1.82, 2.24) is 20.0 Å². The van der Waals surface area contributed by atoms with E-state index in [1.165, 1.54) is 22.5 Å². The van der Waals surface area contributed by atoms with E-state index in [0.717, 1.165) is 0 Å². The van der Waals surface area contributed by atoms with E-state index >= 15 is 0 Å². The topological polar surface area (TPSA) is 75.6 Å². The number of carbonyl (C=O) groups is 1. The number of anilines is 1. The molecule has 0 aliphatic rings. The number of halogens is 1. The quantitative estimate of drug-likeness (QED) is 0.551. The molecule has 2 heterocycles. The van der Waals surface area contributed by atoms with E-state index < -0.39 is 0 Å². The first kappa shape index (κ1) is 15.6. The molecule has 4 rings (SSSR count).